The molecule has 0 unspecified atom stereocenters. The molecule has 0 radical (unpaired) electrons. The van der Waals surface area contributed by atoms with Crippen molar-refractivity contribution in [2.45, 2.75) is 18.9 Å². The molecule has 4 N–H and O–H groups in total. The molecule has 0 aromatic heterocycles. The van der Waals surface area contributed by atoms with Crippen molar-refractivity contribution in [3.8, 4) is 0 Å². The van der Waals surface area contributed by atoms with E-state index in [0.717, 1.165) is 18.5 Å². The van der Waals surface area contributed by atoms with Gasteiger partial charge >= 0.3 is 6.03 Å². The molecule has 138 valence electrons. The van der Waals surface area contributed by atoms with Gasteiger partial charge in [0, 0.05) is 36.1 Å². The second-order valence-electron chi connectivity index (χ2n) is 6.16. The lowest BCUT2D eigenvalue weighted by Crippen LogP contribution is -2.47. The van der Waals surface area contributed by atoms with E-state index in [1.54, 1.807) is 29.2 Å². The monoisotopic (exact) mass is 374 g/mol. The number of rotatable bonds is 3. The number of halogens is 1. The van der Waals surface area contributed by atoms with E-state index in [1.807, 2.05) is 30.3 Å². The first kappa shape index (κ1) is 19.6. The van der Waals surface area contributed by atoms with Gasteiger partial charge in [0.25, 0.3) is 5.91 Å². The molecule has 6 nitrogen and oxygen atoms in total. The Labute approximate surface area is 159 Å². The molecular weight excluding hydrogens is 352 g/mol. The normalized spacial score (nSPS) is 14.2. The van der Waals surface area contributed by atoms with E-state index in [4.69, 9.17) is 5.73 Å². The van der Waals surface area contributed by atoms with Crippen molar-refractivity contribution in [2.24, 2.45) is 0 Å². The minimum absolute atomic E-state index is 0. The Hall–Kier alpha value is -2.73. The molecule has 0 atom stereocenters. The molecule has 1 aliphatic heterocycles. The number of nitrogens with one attached hydrogen (secondary N) is 2. The zero-order valence-corrected chi connectivity index (χ0v) is 15.2. The number of benzene rings is 2. The molecule has 1 saturated heterocycles. The number of hydrogen-bond donors (Lipinski definition) is 3. The summed E-state index contributed by atoms with van der Waals surface area (Å²) in [5.41, 5.74) is 7.62. The topological polar surface area (TPSA) is 87.5 Å². The highest BCUT2D eigenvalue weighted by Gasteiger charge is 2.24. The number of carbonyl (C=O) groups excluding carboxylic acids is 2. The van der Waals surface area contributed by atoms with Crippen LogP contribution < -0.4 is 16.4 Å². The molecule has 0 bridgehead atoms. The highest BCUT2D eigenvalue weighted by Crippen LogP contribution is 2.14. The second-order valence-corrected chi connectivity index (χ2v) is 6.16. The number of para-hydroxylation sites is 1. The number of carbonyl (C=O) groups is 2. The van der Waals surface area contributed by atoms with E-state index in [9.17, 15) is 9.59 Å². The van der Waals surface area contributed by atoms with Crippen molar-refractivity contribution in [3.63, 3.8) is 0 Å². The van der Waals surface area contributed by atoms with Crippen molar-refractivity contribution in [1.29, 1.82) is 0 Å². The Morgan fingerprint density at radius 2 is 1.69 bits per heavy atom. The molecule has 1 heterocycles. The van der Waals surface area contributed by atoms with E-state index >= 15 is 0 Å². The van der Waals surface area contributed by atoms with Crippen LogP contribution in [0.1, 0.15) is 23.2 Å². The maximum Gasteiger partial charge on any atom is 0.321 e. The van der Waals surface area contributed by atoms with Crippen LogP contribution in [0.3, 0.4) is 0 Å². The summed E-state index contributed by atoms with van der Waals surface area (Å²) in [5.74, 6) is -0.125. The van der Waals surface area contributed by atoms with Crippen LogP contribution in [-0.4, -0.2) is 36.0 Å². The molecule has 0 aliphatic carbocycles. The van der Waals surface area contributed by atoms with Crippen molar-refractivity contribution in [1.82, 2.24) is 10.2 Å². The average Bonchev–Trinajstić information content (AvgIpc) is 2.63. The smallest absolute Gasteiger partial charge is 0.321 e. The lowest BCUT2D eigenvalue weighted by atomic mass is 10.0. The van der Waals surface area contributed by atoms with Gasteiger partial charge in [-0.25, -0.2) is 4.79 Å². The van der Waals surface area contributed by atoms with E-state index in [-0.39, 0.29) is 30.4 Å². The van der Waals surface area contributed by atoms with Crippen LogP contribution in [-0.2, 0) is 0 Å². The van der Waals surface area contributed by atoms with Crippen LogP contribution >= 0.6 is 12.4 Å². The van der Waals surface area contributed by atoms with Gasteiger partial charge in [-0.15, -0.1) is 12.4 Å². The lowest BCUT2D eigenvalue weighted by Gasteiger charge is -2.32. The van der Waals surface area contributed by atoms with Crippen molar-refractivity contribution in [3.05, 3.63) is 60.2 Å². The average molecular weight is 375 g/mol. The van der Waals surface area contributed by atoms with Crippen LogP contribution in [0.4, 0.5) is 16.2 Å². The summed E-state index contributed by atoms with van der Waals surface area (Å²) in [5, 5.41) is 5.90. The van der Waals surface area contributed by atoms with Gasteiger partial charge in [-0.1, -0.05) is 24.3 Å². The summed E-state index contributed by atoms with van der Waals surface area (Å²) >= 11 is 0. The largest absolute Gasteiger partial charge is 0.399 e. The molecule has 1 fully saturated rings. The first-order chi connectivity index (χ1) is 12.1. The van der Waals surface area contributed by atoms with Gasteiger partial charge in [0.05, 0.1) is 0 Å². The van der Waals surface area contributed by atoms with E-state index < -0.39 is 0 Å². The SMILES string of the molecule is Cl.Nc1cccc(C(=O)NC2CCN(C(=O)Nc3ccccc3)CC2)c1. The standard InChI is InChI=1S/C19H22N4O2.ClH/c20-15-6-4-5-14(13-15)18(24)21-17-9-11-23(12-10-17)19(25)22-16-7-2-1-3-8-16;/h1-8,13,17H,9-12,20H2,(H,21,24)(H,22,25);1H. The summed E-state index contributed by atoms with van der Waals surface area (Å²) in [6.45, 7) is 1.22. The van der Waals surface area contributed by atoms with Gasteiger partial charge in [-0.05, 0) is 43.2 Å². The fourth-order valence-electron chi connectivity index (χ4n) is 2.90. The molecule has 0 spiro atoms. The Morgan fingerprint density at radius 1 is 1.00 bits per heavy atom. The molecule has 2 aromatic carbocycles. The molecule has 3 rings (SSSR count). The number of nitrogens with two attached hydrogens (primary N) is 1. The first-order valence-electron chi connectivity index (χ1n) is 8.39. The Balaban J connectivity index is 0.00000243. The van der Waals surface area contributed by atoms with Gasteiger partial charge in [-0.3, -0.25) is 4.79 Å². The predicted molar refractivity (Wildman–Crippen MR) is 106 cm³/mol. The third-order valence-electron chi connectivity index (χ3n) is 4.29. The highest BCUT2D eigenvalue weighted by atomic mass is 35.5. The van der Waals surface area contributed by atoms with Gasteiger partial charge < -0.3 is 21.3 Å². The number of nitrogen functional groups attached to an aromatic ring is 1. The summed E-state index contributed by atoms with van der Waals surface area (Å²) in [6, 6.07) is 16.3. The first-order valence-corrected chi connectivity index (χ1v) is 8.39. The predicted octanol–water partition coefficient (Wildman–Crippen LogP) is 3.12. The third kappa shape index (κ3) is 5.13. The summed E-state index contributed by atoms with van der Waals surface area (Å²) < 4.78 is 0. The number of piperidine rings is 1. The zero-order chi connectivity index (χ0) is 17.6. The molecule has 3 amide bonds. The maximum absolute atomic E-state index is 12.3. The van der Waals surface area contributed by atoms with Crippen molar-refractivity contribution < 1.29 is 9.59 Å². The van der Waals surface area contributed by atoms with Crippen LogP contribution in [0.5, 0.6) is 0 Å². The number of urea groups is 1. The van der Waals surface area contributed by atoms with E-state index in [1.165, 1.54) is 0 Å². The lowest BCUT2D eigenvalue weighted by molar-refractivity contribution is 0.0919. The summed E-state index contributed by atoms with van der Waals surface area (Å²) in [4.78, 5) is 26.3. The van der Waals surface area contributed by atoms with Gasteiger partial charge in [0.1, 0.15) is 0 Å². The van der Waals surface area contributed by atoms with Gasteiger partial charge in [0.15, 0.2) is 0 Å². The van der Waals surface area contributed by atoms with Crippen molar-refractivity contribution in [2.75, 3.05) is 24.1 Å². The van der Waals surface area contributed by atoms with Crippen LogP contribution in [0.15, 0.2) is 54.6 Å². The molecule has 0 saturated carbocycles. The fourth-order valence-corrected chi connectivity index (χ4v) is 2.90. The van der Waals surface area contributed by atoms with Crippen LogP contribution in [0.2, 0.25) is 0 Å². The second kappa shape index (κ2) is 9.10. The molecule has 7 heteroatoms. The Kier molecular flexibility index (Phi) is 6.86. The molecule has 2 aromatic rings. The zero-order valence-electron chi connectivity index (χ0n) is 14.4. The minimum atomic E-state index is -0.125. The third-order valence-corrected chi connectivity index (χ3v) is 4.29. The van der Waals surface area contributed by atoms with Crippen molar-refractivity contribution >= 4 is 35.7 Å². The van der Waals surface area contributed by atoms with E-state index in [0.29, 0.717) is 24.3 Å². The van der Waals surface area contributed by atoms with Gasteiger partial charge in [0.2, 0.25) is 0 Å². The molecule has 1 aliphatic rings. The molecule has 26 heavy (non-hydrogen) atoms. The number of anilines is 2. The van der Waals surface area contributed by atoms with Gasteiger partial charge in [-0.2, -0.15) is 0 Å². The quantitative estimate of drug-likeness (QED) is 0.721. The Bertz CT molecular complexity index is 746. The van der Waals surface area contributed by atoms with E-state index in [2.05, 4.69) is 10.6 Å². The Morgan fingerprint density at radius 3 is 2.35 bits per heavy atom. The highest BCUT2D eigenvalue weighted by molar-refractivity contribution is 5.95. The summed E-state index contributed by atoms with van der Waals surface area (Å²) in [6.07, 6.45) is 1.46. The fraction of sp³-hybridized carbons (Fsp3) is 0.263. The minimum Gasteiger partial charge on any atom is -0.399 e. The molecular formula is C19H23ClN4O2. The van der Waals surface area contributed by atoms with Crippen LogP contribution in [0.25, 0.3) is 0 Å². The number of likely N-dealkylation sites (tertiary alicyclic amines) is 1. The summed E-state index contributed by atoms with van der Waals surface area (Å²) in [7, 11) is 0. The van der Waals surface area contributed by atoms with Crippen LogP contribution in [0, 0.1) is 0 Å². The number of hydrogen-bond acceptors (Lipinski definition) is 3. The number of amides is 3. The number of nitrogens with zero attached hydrogens (tertiary/aromatic N) is 1. The maximum atomic E-state index is 12.3.